The molecular weight excluding hydrogens is 470 g/mol. The largest absolute Gasteiger partial charge is 0.361 e. The molecule has 0 spiro atoms. The summed E-state index contributed by atoms with van der Waals surface area (Å²) < 4.78 is 27.3. The molecule has 0 unspecified atom stereocenters. The molecule has 4 aromatic rings. The first-order chi connectivity index (χ1) is 16.3. The number of Topliss-reactive ketones (excluding diaryl/α,β-unsaturated/α-hetero) is 1. The van der Waals surface area contributed by atoms with E-state index in [0.717, 1.165) is 26.9 Å². The molecule has 1 amide bonds. The lowest BCUT2D eigenvalue weighted by Gasteiger charge is -2.18. The van der Waals surface area contributed by atoms with Crippen molar-refractivity contribution < 1.29 is 18.4 Å². The summed E-state index contributed by atoms with van der Waals surface area (Å²) in [7, 11) is 0. The van der Waals surface area contributed by atoms with E-state index in [1.807, 2.05) is 42.6 Å². The van der Waals surface area contributed by atoms with Gasteiger partial charge in [0.15, 0.2) is 5.78 Å². The fourth-order valence-electron chi connectivity index (χ4n) is 4.49. The van der Waals surface area contributed by atoms with Gasteiger partial charge in [0, 0.05) is 48.1 Å². The van der Waals surface area contributed by atoms with Gasteiger partial charge in [-0.15, -0.1) is 0 Å². The molecule has 6 nitrogen and oxygen atoms in total. The first-order valence-corrected chi connectivity index (χ1v) is 10.9. The smallest absolute Gasteiger partial charge is 0.268 e. The summed E-state index contributed by atoms with van der Waals surface area (Å²) in [6.07, 6.45) is 2.36. The van der Waals surface area contributed by atoms with Crippen LogP contribution < -0.4 is 0 Å². The molecule has 2 aromatic carbocycles. The third-order valence-corrected chi connectivity index (χ3v) is 6.23. The van der Waals surface area contributed by atoms with Crippen LogP contribution in [0.25, 0.3) is 32.9 Å². The van der Waals surface area contributed by atoms with E-state index < -0.39 is 30.8 Å². The van der Waals surface area contributed by atoms with E-state index in [0.29, 0.717) is 16.5 Å². The number of fused-ring (bicyclic) bond motifs is 2. The van der Waals surface area contributed by atoms with Crippen LogP contribution in [0.3, 0.4) is 0 Å². The number of pyridine rings is 1. The second-order valence-electron chi connectivity index (χ2n) is 8.52. The molecule has 35 heavy (non-hydrogen) atoms. The van der Waals surface area contributed by atoms with E-state index in [4.69, 9.17) is 5.26 Å². The summed E-state index contributed by atoms with van der Waals surface area (Å²) in [6.45, 7) is -0.786. The van der Waals surface area contributed by atoms with E-state index in [9.17, 15) is 18.4 Å². The van der Waals surface area contributed by atoms with Gasteiger partial charge in [0.2, 0.25) is 5.91 Å². The molecule has 0 saturated carbocycles. The van der Waals surface area contributed by atoms with Crippen molar-refractivity contribution in [3.63, 3.8) is 0 Å². The van der Waals surface area contributed by atoms with Crippen molar-refractivity contribution >= 4 is 47.0 Å². The quantitative estimate of drug-likeness (QED) is 0.387. The molecular formula is C26H22F2N4O2S. The number of hydrogen-bond donors (Lipinski definition) is 1. The fraction of sp³-hybridized carbons (Fsp3) is 0.231. The molecule has 2 aromatic heterocycles. The lowest BCUT2D eigenvalue weighted by Crippen LogP contribution is -2.36. The summed E-state index contributed by atoms with van der Waals surface area (Å²) in [5.41, 5.74) is 4.01. The zero-order valence-electron chi connectivity index (χ0n) is 18.6. The number of aromatic amines is 1. The van der Waals surface area contributed by atoms with Gasteiger partial charge < -0.3 is 9.88 Å². The second-order valence-corrected chi connectivity index (χ2v) is 8.52. The van der Waals surface area contributed by atoms with Gasteiger partial charge in [-0.05, 0) is 52.9 Å². The molecule has 178 valence electrons. The number of nitriles is 1. The van der Waals surface area contributed by atoms with Gasteiger partial charge in [0.25, 0.3) is 5.92 Å². The van der Waals surface area contributed by atoms with Crippen LogP contribution in [0, 0.1) is 11.3 Å². The molecule has 1 fully saturated rings. The number of nitrogens with zero attached hydrogens (tertiary/aromatic N) is 3. The van der Waals surface area contributed by atoms with Gasteiger partial charge in [-0.25, -0.2) is 8.78 Å². The normalized spacial score (nSPS) is 16.7. The van der Waals surface area contributed by atoms with Crippen LogP contribution in [0.4, 0.5) is 8.78 Å². The SMILES string of the molecule is N#C[C@@H]1CC(F)(F)CN1C(=O)CCC(=O)c1ccnc2ccc(-c3ccc4[nH]ccc4c3)cc12.S. The van der Waals surface area contributed by atoms with Crippen LogP contribution in [0.5, 0.6) is 0 Å². The van der Waals surface area contributed by atoms with Gasteiger partial charge in [-0.3, -0.25) is 14.6 Å². The lowest BCUT2D eigenvalue weighted by atomic mass is 9.97. The van der Waals surface area contributed by atoms with Gasteiger partial charge in [0.1, 0.15) is 6.04 Å². The Labute approximate surface area is 207 Å². The van der Waals surface area contributed by atoms with E-state index in [1.165, 1.54) is 6.20 Å². The molecule has 0 radical (unpaired) electrons. The molecule has 5 rings (SSSR count). The van der Waals surface area contributed by atoms with Crippen LogP contribution >= 0.6 is 13.5 Å². The zero-order chi connectivity index (χ0) is 23.9. The average Bonchev–Trinajstić information content (AvgIpc) is 3.44. The molecule has 3 heterocycles. The highest BCUT2D eigenvalue weighted by Crippen LogP contribution is 2.33. The minimum atomic E-state index is -3.08. The van der Waals surface area contributed by atoms with E-state index in [1.54, 1.807) is 12.1 Å². The highest BCUT2D eigenvalue weighted by atomic mass is 32.1. The summed E-state index contributed by atoms with van der Waals surface area (Å²) in [4.78, 5) is 33.9. The number of carbonyl (C=O) groups is 2. The number of rotatable bonds is 5. The van der Waals surface area contributed by atoms with Crippen LogP contribution in [0.2, 0.25) is 0 Å². The number of halogens is 2. The van der Waals surface area contributed by atoms with E-state index >= 15 is 0 Å². The molecule has 1 N–H and O–H groups in total. The number of H-pyrrole nitrogens is 1. The van der Waals surface area contributed by atoms with Gasteiger partial charge in [0.05, 0.1) is 18.1 Å². The molecule has 1 aliphatic heterocycles. The fourth-order valence-corrected chi connectivity index (χ4v) is 4.49. The first kappa shape index (κ1) is 24.4. The van der Waals surface area contributed by atoms with Crippen molar-refractivity contribution in [1.82, 2.24) is 14.9 Å². The molecule has 9 heteroatoms. The highest BCUT2D eigenvalue weighted by Gasteiger charge is 2.47. The van der Waals surface area contributed by atoms with Crippen LogP contribution in [0.1, 0.15) is 29.6 Å². The number of nitrogens with one attached hydrogen (secondary N) is 1. The van der Waals surface area contributed by atoms with Crippen LogP contribution in [-0.2, 0) is 4.79 Å². The third kappa shape index (κ3) is 4.75. The van der Waals surface area contributed by atoms with Crippen molar-refractivity contribution in [2.45, 2.75) is 31.2 Å². The number of aromatic nitrogens is 2. The standard InChI is InChI=1S/C26H20F2N4O2.H2S/c27-26(28)13-19(14-29)32(15-26)25(34)6-5-24(33)20-8-10-31-23-4-2-17(12-21(20)23)16-1-3-22-18(11-16)7-9-30-22;/h1-4,7-12,19,30H,5-6,13,15H2;1H2/t19-;/m0./s1. The second kappa shape index (κ2) is 9.47. The Morgan fingerprint density at radius 2 is 1.89 bits per heavy atom. The zero-order valence-corrected chi connectivity index (χ0v) is 19.6. The number of carbonyl (C=O) groups excluding carboxylic acids is 2. The Balaban J connectivity index is 0.00000289. The van der Waals surface area contributed by atoms with Crippen molar-refractivity contribution in [3.05, 3.63) is 66.5 Å². The van der Waals surface area contributed by atoms with Crippen molar-refractivity contribution in [3.8, 4) is 17.2 Å². The Morgan fingerprint density at radius 1 is 1.11 bits per heavy atom. The van der Waals surface area contributed by atoms with E-state index in [-0.39, 0.29) is 32.1 Å². The maximum Gasteiger partial charge on any atom is 0.268 e. The van der Waals surface area contributed by atoms with Gasteiger partial charge in [-0.1, -0.05) is 12.1 Å². The number of ketones is 1. The monoisotopic (exact) mass is 492 g/mol. The lowest BCUT2D eigenvalue weighted by molar-refractivity contribution is -0.132. The van der Waals surface area contributed by atoms with Crippen LogP contribution in [-0.4, -0.2) is 45.1 Å². The highest BCUT2D eigenvalue weighted by molar-refractivity contribution is 7.59. The number of likely N-dealkylation sites (tertiary alicyclic amines) is 1. The molecule has 0 bridgehead atoms. The Morgan fingerprint density at radius 3 is 2.69 bits per heavy atom. The topological polar surface area (TPSA) is 89.8 Å². The average molecular weight is 493 g/mol. The Hall–Kier alpha value is -3.77. The van der Waals surface area contributed by atoms with Crippen molar-refractivity contribution in [2.75, 3.05) is 6.54 Å². The maximum absolute atomic E-state index is 13.7. The molecule has 1 aliphatic rings. The maximum atomic E-state index is 13.7. The summed E-state index contributed by atoms with van der Waals surface area (Å²) >= 11 is 0. The predicted octanol–water partition coefficient (Wildman–Crippen LogP) is 5.22. The minimum absolute atomic E-state index is 0. The Bertz CT molecular complexity index is 1480. The molecule has 0 aliphatic carbocycles. The molecule has 1 atom stereocenters. The summed E-state index contributed by atoms with van der Waals surface area (Å²) in [6, 6.07) is 15.9. The molecule has 1 saturated heterocycles. The van der Waals surface area contributed by atoms with Gasteiger partial charge >= 0.3 is 0 Å². The first-order valence-electron chi connectivity index (χ1n) is 10.9. The predicted molar refractivity (Wildman–Crippen MR) is 134 cm³/mol. The van der Waals surface area contributed by atoms with Gasteiger partial charge in [-0.2, -0.15) is 18.8 Å². The number of hydrogen-bond acceptors (Lipinski definition) is 4. The minimum Gasteiger partial charge on any atom is -0.361 e. The third-order valence-electron chi connectivity index (χ3n) is 6.23. The summed E-state index contributed by atoms with van der Waals surface area (Å²) in [5, 5.41) is 10.8. The van der Waals surface area contributed by atoms with E-state index in [2.05, 4.69) is 16.0 Å². The van der Waals surface area contributed by atoms with Crippen LogP contribution in [0.15, 0.2) is 60.9 Å². The number of benzene rings is 2. The number of amides is 1. The van der Waals surface area contributed by atoms with Crippen molar-refractivity contribution in [1.29, 1.82) is 5.26 Å². The number of alkyl halides is 2. The summed E-state index contributed by atoms with van der Waals surface area (Å²) in [5.74, 6) is -3.98. The Kier molecular flexibility index (Phi) is 6.59. The van der Waals surface area contributed by atoms with Crippen molar-refractivity contribution in [2.24, 2.45) is 0 Å².